The molecule has 3 heteroatoms. The molecular formula is C11H9ClOS. The number of thiophene rings is 1. The molecule has 2 rings (SSSR count). The number of hydrogen-bond donors (Lipinski definition) is 0. The highest BCUT2D eigenvalue weighted by atomic mass is 35.5. The highest BCUT2D eigenvalue weighted by Gasteiger charge is 2.10. The zero-order chi connectivity index (χ0) is 10.1. The van der Waals surface area contributed by atoms with Crippen LogP contribution in [0.25, 0.3) is 10.1 Å². The second-order valence-corrected chi connectivity index (χ2v) is 4.41. The molecule has 2 aromatic rings. The van der Waals surface area contributed by atoms with Crippen LogP contribution in [0.15, 0.2) is 17.5 Å². The molecule has 0 spiro atoms. The van der Waals surface area contributed by atoms with Crippen molar-refractivity contribution in [2.75, 3.05) is 0 Å². The van der Waals surface area contributed by atoms with E-state index in [0.29, 0.717) is 10.6 Å². The fourth-order valence-corrected chi connectivity index (χ4v) is 2.86. The third kappa shape index (κ3) is 1.35. The summed E-state index contributed by atoms with van der Waals surface area (Å²) in [6, 6.07) is 3.91. The van der Waals surface area contributed by atoms with Crippen molar-refractivity contribution in [2.45, 2.75) is 13.3 Å². The van der Waals surface area contributed by atoms with E-state index in [0.717, 1.165) is 28.4 Å². The first-order chi connectivity index (χ1) is 6.77. The molecular weight excluding hydrogens is 216 g/mol. The molecule has 0 radical (unpaired) electrons. The van der Waals surface area contributed by atoms with Crippen LogP contribution >= 0.6 is 22.9 Å². The molecule has 0 bridgehead atoms. The van der Waals surface area contributed by atoms with E-state index in [1.807, 2.05) is 24.4 Å². The van der Waals surface area contributed by atoms with Gasteiger partial charge in [-0.05, 0) is 34.9 Å². The van der Waals surface area contributed by atoms with E-state index in [4.69, 9.17) is 11.6 Å². The van der Waals surface area contributed by atoms with Gasteiger partial charge in [-0.2, -0.15) is 0 Å². The minimum Gasteiger partial charge on any atom is -0.298 e. The standard InChI is InChI=1S/C11H9ClOS/c1-2-7-8-3-4-14-11(8)5-10(12)9(7)6-13/h3-6H,2H2,1H3. The lowest BCUT2D eigenvalue weighted by Gasteiger charge is -2.05. The van der Waals surface area contributed by atoms with Gasteiger partial charge in [0.2, 0.25) is 0 Å². The number of rotatable bonds is 2. The smallest absolute Gasteiger partial charge is 0.151 e. The van der Waals surface area contributed by atoms with E-state index in [2.05, 4.69) is 0 Å². The van der Waals surface area contributed by atoms with Gasteiger partial charge in [0.15, 0.2) is 6.29 Å². The lowest BCUT2D eigenvalue weighted by atomic mass is 10.0. The van der Waals surface area contributed by atoms with Gasteiger partial charge in [-0.25, -0.2) is 0 Å². The Morgan fingerprint density at radius 2 is 2.36 bits per heavy atom. The zero-order valence-electron chi connectivity index (χ0n) is 7.71. The van der Waals surface area contributed by atoms with Crippen LogP contribution in [-0.4, -0.2) is 6.29 Å². The number of benzene rings is 1. The summed E-state index contributed by atoms with van der Waals surface area (Å²) >= 11 is 7.67. The van der Waals surface area contributed by atoms with Gasteiger partial charge in [0.05, 0.1) is 5.02 Å². The van der Waals surface area contributed by atoms with Crippen LogP contribution in [0.2, 0.25) is 5.02 Å². The Hall–Kier alpha value is -0.860. The van der Waals surface area contributed by atoms with E-state index in [1.165, 1.54) is 0 Å². The molecule has 72 valence electrons. The Morgan fingerprint density at radius 3 is 3.00 bits per heavy atom. The maximum absolute atomic E-state index is 10.9. The van der Waals surface area contributed by atoms with Crippen LogP contribution in [0.3, 0.4) is 0 Å². The fourth-order valence-electron chi connectivity index (χ4n) is 1.67. The van der Waals surface area contributed by atoms with Gasteiger partial charge in [0, 0.05) is 10.3 Å². The SMILES string of the molecule is CCc1c(C=O)c(Cl)cc2sccc12. The summed E-state index contributed by atoms with van der Waals surface area (Å²) in [4.78, 5) is 10.9. The summed E-state index contributed by atoms with van der Waals surface area (Å²) < 4.78 is 1.15. The second-order valence-electron chi connectivity index (χ2n) is 3.05. The fraction of sp³-hybridized carbons (Fsp3) is 0.182. The molecule has 0 fully saturated rings. The van der Waals surface area contributed by atoms with E-state index in [1.54, 1.807) is 11.3 Å². The van der Waals surface area contributed by atoms with Crippen LogP contribution in [-0.2, 0) is 6.42 Å². The first-order valence-electron chi connectivity index (χ1n) is 4.41. The first kappa shape index (κ1) is 9.69. The Morgan fingerprint density at radius 1 is 1.57 bits per heavy atom. The van der Waals surface area contributed by atoms with Gasteiger partial charge in [-0.15, -0.1) is 11.3 Å². The summed E-state index contributed by atoms with van der Waals surface area (Å²) in [6.45, 7) is 2.04. The second kappa shape index (κ2) is 3.71. The average molecular weight is 225 g/mol. The number of carbonyl (C=O) groups is 1. The molecule has 0 unspecified atom stereocenters. The predicted molar refractivity (Wildman–Crippen MR) is 61.6 cm³/mol. The quantitative estimate of drug-likeness (QED) is 0.707. The third-order valence-corrected chi connectivity index (χ3v) is 3.51. The predicted octanol–water partition coefficient (Wildman–Crippen LogP) is 3.93. The minimum atomic E-state index is 0.562. The molecule has 0 aliphatic carbocycles. The van der Waals surface area contributed by atoms with Gasteiger partial charge >= 0.3 is 0 Å². The van der Waals surface area contributed by atoms with Gasteiger partial charge in [-0.3, -0.25) is 4.79 Å². The highest BCUT2D eigenvalue weighted by molar-refractivity contribution is 7.17. The van der Waals surface area contributed by atoms with E-state index >= 15 is 0 Å². The molecule has 0 aliphatic rings. The molecule has 0 amide bonds. The molecule has 0 atom stereocenters. The Bertz CT molecular complexity index is 487. The topological polar surface area (TPSA) is 17.1 Å². The lowest BCUT2D eigenvalue weighted by molar-refractivity contribution is 0.112. The van der Waals surface area contributed by atoms with E-state index in [9.17, 15) is 4.79 Å². The van der Waals surface area contributed by atoms with Crippen molar-refractivity contribution in [1.82, 2.24) is 0 Å². The summed E-state index contributed by atoms with van der Waals surface area (Å²) in [7, 11) is 0. The van der Waals surface area contributed by atoms with Crippen LogP contribution in [0.1, 0.15) is 22.8 Å². The highest BCUT2D eigenvalue weighted by Crippen LogP contribution is 2.31. The van der Waals surface area contributed by atoms with Crippen molar-refractivity contribution in [1.29, 1.82) is 0 Å². The first-order valence-corrected chi connectivity index (χ1v) is 5.67. The molecule has 1 heterocycles. The zero-order valence-corrected chi connectivity index (χ0v) is 9.28. The maximum atomic E-state index is 10.9. The number of carbonyl (C=O) groups excluding carboxylic acids is 1. The van der Waals surface area contributed by atoms with Gasteiger partial charge in [0.1, 0.15) is 0 Å². The van der Waals surface area contributed by atoms with Crippen LogP contribution in [0, 0.1) is 0 Å². The number of hydrogen-bond acceptors (Lipinski definition) is 2. The molecule has 14 heavy (non-hydrogen) atoms. The number of aryl methyl sites for hydroxylation is 1. The van der Waals surface area contributed by atoms with E-state index in [-0.39, 0.29) is 0 Å². The number of halogens is 1. The maximum Gasteiger partial charge on any atom is 0.151 e. The minimum absolute atomic E-state index is 0.562. The van der Waals surface area contributed by atoms with Gasteiger partial charge < -0.3 is 0 Å². The lowest BCUT2D eigenvalue weighted by Crippen LogP contribution is -1.92. The van der Waals surface area contributed by atoms with Gasteiger partial charge in [0.25, 0.3) is 0 Å². The average Bonchev–Trinajstić information content (AvgIpc) is 2.62. The van der Waals surface area contributed by atoms with E-state index < -0.39 is 0 Å². The van der Waals surface area contributed by atoms with Crippen LogP contribution in [0.4, 0.5) is 0 Å². The molecule has 1 aromatic carbocycles. The summed E-state index contributed by atoms with van der Waals surface area (Å²) in [6.07, 6.45) is 1.68. The van der Waals surface area contributed by atoms with Crippen molar-refractivity contribution in [3.63, 3.8) is 0 Å². The largest absolute Gasteiger partial charge is 0.298 e. The molecule has 0 saturated carbocycles. The Balaban J connectivity index is 2.88. The third-order valence-electron chi connectivity index (χ3n) is 2.33. The molecule has 0 N–H and O–H groups in total. The van der Waals surface area contributed by atoms with Gasteiger partial charge in [-0.1, -0.05) is 18.5 Å². The van der Waals surface area contributed by atoms with Crippen molar-refractivity contribution < 1.29 is 4.79 Å². The van der Waals surface area contributed by atoms with Crippen LogP contribution < -0.4 is 0 Å². The molecule has 0 saturated heterocycles. The Kier molecular flexibility index (Phi) is 2.57. The summed E-state index contributed by atoms with van der Waals surface area (Å²) in [5.41, 5.74) is 1.70. The van der Waals surface area contributed by atoms with Crippen molar-refractivity contribution in [3.8, 4) is 0 Å². The summed E-state index contributed by atoms with van der Waals surface area (Å²) in [5.74, 6) is 0. The van der Waals surface area contributed by atoms with Crippen molar-refractivity contribution in [3.05, 3.63) is 33.7 Å². The normalized spacial score (nSPS) is 10.7. The number of fused-ring (bicyclic) bond motifs is 1. The molecule has 1 nitrogen and oxygen atoms in total. The summed E-state index contributed by atoms with van der Waals surface area (Å²) in [5, 5.41) is 3.74. The monoisotopic (exact) mass is 224 g/mol. The van der Waals surface area contributed by atoms with Crippen molar-refractivity contribution in [2.24, 2.45) is 0 Å². The number of aldehydes is 1. The van der Waals surface area contributed by atoms with Crippen molar-refractivity contribution >= 4 is 39.3 Å². The van der Waals surface area contributed by atoms with Crippen LogP contribution in [0.5, 0.6) is 0 Å². The molecule has 0 aliphatic heterocycles. The molecule has 1 aromatic heterocycles. The Labute approximate surface area is 91.3 Å².